The average Bonchev–Trinajstić information content (AvgIpc) is 2.24. The highest BCUT2D eigenvalue weighted by Crippen LogP contribution is 2.33. The van der Waals surface area contributed by atoms with Crippen molar-refractivity contribution >= 4 is 11.6 Å². The van der Waals surface area contributed by atoms with Gasteiger partial charge >= 0.3 is 0 Å². The second kappa shape index (κ2) is 4.75. The SMILES string of the molecule is CN(C(=O)C(C)(C)C)c1ccccc1C(C)(C)C. The highest BCUT2D eigenvalue weighted by atomic mass is 16.2. The Kier molecular flexibility index (Phi) is 3.89. The molecule has 1 amide bonds. The van der Waals surface area contributed by atoms with Gasteiger partial charge in [-0.05, 0) is 17.0 Å². The molecule has 0 fully saturated rings. The number of carbonyl (C=O) groups is 1. The van der Waals surface area contributed by atoms with Gasteiger partial charge in [0.05, 0.1) is 0 Å². The van der Waals surface area contributed by atoms with Crippen molar-refractivity contribution in [3.05, 3.63) is 29.8 Å². The Morgan fingerprint density at radius 3 is 1.94 bits per heavy atom. The van der Waals surface area contributed by atoms with Gasteiger partial charge in [0.2, 0.25) is 5.91 Å². The van der Waals surface area contributed by atoms with Gasteiger partial charge in [-0.3, -0.25) is 4.79 Å². The molecule has 0 aliphatic rings. The molecular weight excluding hydrogens is 222 g/mol. The molecule has 0 atom stereocenters. The first-order chi connectivity index (χ1) is 8.05. The summed E-state index contributed by atoms with van der Waals surface area (Å²) in [7, 11) is 1.86. The highest BCUT2D eigenvalue weighted by Gasteiger charge is 2.28. The van der Waals surface area contributed by atoms with E-state index in [1.54, 1.807) is 4.90 Å². The van der Waals surface area contributed by atoms with E-state index in [2.05, 4.69) is 26.8 Å². The van der Waals surface area contributed by atoms with Crippen LogP contribution in [0, 0.1) is 5.41 Å². The Hall–Kier alpha value is -1.31. The standard InChI is InChI=1S/C16H25NO/c1-15(2,3)12-10-8-9-11-13(12)17(7)14(18)16(4,5)6/h8-11H,1-7H3. The van der Waals surface area contributed by atoms with Gasteiger partial charge in [-0.15, -0.1) is 0 Å². The number of para-hydroxylation sites is 1. The summed E-state index contributed by atoms with van der Waals surface area (Å²) in [4.78, 5) is 14.1. The normalized spacial score (nSPS) is 12.4. The van der Waals surface area contributed by atoms with Crippen LogP contribution in [0.5, 0.6) is 0 Å². The molecule has 0 aliphatic heterocycles. The van der Waals surface area contributed by atoms with Crippen LogP contribution in [-0.2, 0) is 10.2 Å². The monoisotopic (exact) mass is 247 g/mol. The number of nitrogens with zero attached hydrogens (tertiary/aromatic N) is 1. The molecule has 18 heavy (non-hydrogen) atoms. The Morgan fingerprint density at radius 1 is 1.00 bits per heavy atom. The molecule has 1 aromatic carbocycles. The van der Waals surface area contributed by atoms with Gasteiger partial charge in [-0.25, -0.2) is 0 Å². The highest BCUT2D eigenvalue weighted by molar-refractivity contribution is 5.97. The topological polar surface area (TPSA) is 20.3 Å². The molecule has 0 heterocycles. The second-order valence-electron chi connectivity index (χ2n) is 6.88. The van der Waals surface area contributed by atoms with E-state index in [-0.39, 0.29) is 16.7 Å². The second-order valence-corrected chi connectivity index (χ2v) is 6.88. The Labute approximate surface area is 111 Å². The van der Waals surface area contributed by atoms with E-state index in [1.807, 2.05) is 46.0 Å². The fourth-order valence-electron chi connectivity index (χ4n) is 2.01. The van der Waals surface area contributed by atoms with E-state index < -0.39 is 0 Å². The molecule has 2 heteroatoms. The third-order valence-corrected chi connectivity index (χ3v) is 3.02. The smallest absolute Gasteiger partial charge is 0.232 e. The lowest BCUT2D eigenvalue weighted by atomic mass is 9.85. The van der Waals surface area contributed by atoms with Crippen LogP contribution < -0.4 is 4.90 Å². The summed E-state index contributed by atoms with van der Waals surface area (Å²) in [5, 5.41) is 0. The molecule has 1 aromatic rings. The fourth-order valence-corrected chi connectivity index (χ4v) is 2.01. The fraction of sp³-hybridized carbons (Fsp3) is 0.562. The quantitative estimate of drug-likeness (QED) is 0.734. The molecule has 2 nitrogen and oxygen atoms in total. The lowest BCUT2D eigenvalue weighted by Gasteiger charge is -2.31. The first-order valence-corrected chi connectivity index (χ1v) is 6.43. The third-order valence-electron chi connectivity index (χ3n) is 3.02. The van der Waals surface area contributed by atoms with Crippen LogP contribution in [0.25, 0.3) is 0 Å². The van der Waals surface area contributed by atoms with Crippen molar-refractivity contribution < 1.29 is 4.79 Å². The lowest BCUT2D eigenvalue weighted by molar-refractivity contribution is -0.125. The summed E-state index contributed by atoms with van der Waals surface area (Å²) >= 11 is 0. The van der Waals surface area contributed by atoms with E-state index in [4.69, 9.17) is 0 Å². The van der Waals surface area contributed by atoms with E-state index >= 15 is 0 Å². The molecule has 0 N–H and O–H groups in total. The number of carbonyl (C=O) groups excluding carboxylic acids is 1. The molecule has 0 radical (unpaired) electrons. The summed E-state index contributed by atoms with van der Waals surface area (Å²) in [6.07, 6.45) is 0. The molecular formula is C16H25NO. The van der Waals surface area contributed by atoms with Gasteiger partial charge in [0.1, 0.15) is 0 Å². The van der Waals surface area contributed by atoms with Crippen molar-refractivity contribution in [2.45, 2.75) is 47.0 Å². The zero-order valence-electron chi connectivity index (χ0n) is 12.7. The van der Waals surface area contributed by atoms with Crippen LogP contribution in [0.15, 0.2) is 24.3 Å². The molecule has 100 valence electrons. The summed E-state index contributed by atoms with van der Waals surface area (Å²) in [5.74, 6) is 0.138. The van der Waals surface area contributed by atoms with Gasteiger partial charge in [-0.1, -0.05) is 59.7 Å². The number of hydrogen-bond donors (Lipinski definition) is 0. The van der Waals surface area contributed by atoms with Crippen molar-refractivity contribution in [1.82, 2.24) is 0 Å². The summed E-state index contributed by atoms with van der Waals surface area (Å²) in [6.45, 7) is 12.4. The maximum atomic E-state index is 12.4. The zero-order valence-corrected chi connectivity index (χ0v) is 12.7. The third kappa shape index (κ3) is 3.12. The first kappa shape index (κ1) is 14.7. The average molecular weight is 247 g/mol. The minimum Gasteiger partial charge on any atom is -0.315 e. The molecule has 0 saturated heterocycles. The van der Waals surface area contributed by atoms with Crippen LogP contribution in [0.1, 0.15) is 47.1 Å². The number of anilines is 1. The van der Waals surface area contributed by atoms with E-state index in [0.717, 1.165) is 5.69 Å². The van der Waals surface area contributed by atoms with Crippen LogP contribution in [0.4, 0.5) is 5.69 Å². The lowest BCUT2D eigenvalue weighted by Crippen LogP contribution is -2.37. The van der Waals surface area contributed by atoms with Crippen LogP contribution in [0.2, 0.25) is 0 Å². The van der Waals surface area contributed by atoms with Crippen molar-refractivity contribution in [3.8, 4) is 0 Å². The summed E-state index contributed by atoms with van der Waals surface area (Å²) < 4.78 is 0. The van der Waals surface area contributed by atoms with Crippen LogP contribution in [-0.4, -0.2) is 13.0 Å². The van der Waals surface area contributed by atoms with Gasteiger partial charge < -0.3 is 4.90 Å². The van der Waals surface area contributed by atoms with Crippen LogP contribution in [0.3, 0.4) is 0 Å². The summed E-state index contributed by atoms with van der Waals surface area (Å²) in [6, 6.07) is 8.13. The van der Waals surface area contributed by atoms with E-state index in [1.165, 1.54) is 5.56 Å². The predicted molar refractivity (Wildman–Crippen MR) is 78.0 cm³/mol. The largest absolute Gasteiger partial charge is 0.315 e. The molecule has 0 saturated carbocycles. The Bertz CT molecular complexity index is 435. The Morgan fingerprint density at radius 2 is 1.50 bits per heavy atom. The number of amides is 1. The van der Waals surface area contributed by atoms with Gasteiger partial charge in [0.15, 0.2) is 0 Å². The number of benzene rings is 1. The maximum Gasteiger partial charge on any atom is 0.232 e. The van der Waals surface area contributed by atoms with Gasteiger partial charge in [0.25, 0.3) is 0 Å². The van der Waals surface area contributed by atoms with Crippen LogP contribution >= 0.6 is 0 Å². The summed E-state index contributed by atoms with van der Waals surface area (Å²) in [5.41, 5.74) is 1.87. The number of rotatable bonds is 1. The molecule has 0 aromatic heterocycles. The zero-order chi connectivity index (χ0) is 14.1. The van der Waals surface area contributed by atoms with E-state index in [0.29, 0.717) is 0 Å². The van der Waals surface area contributed by atoms with Crippen molar-refractivity contribution in [1.29, 1.82) is 0 Å². The first-order valence-electron chi connectivity index (χ1n) is 6.43. The molecule has 0 aliphatic carbocycles. The minimum absolute atomic E-state index is 0.0308. The van der Waals surface area contributed by atoms with E-state index in [9.17, 15) is 4.79 Å². The van der Waals surface area contributed by atoms with Gasteiger partial charge in [-0.2, -0.15) is 0 Å². The number of hydrogen-bond acceptors (Lipinski definition) is 1. The Balaban J connectivity index is 3.23. The molecule has 0 spiro atoms. The molecule has 1 rings (SSSR count). The maximum absolute atomic E-state index is 12.4. The van der Waals surface area contributed by atoms with Crippen molar-refractivity contribution in [3.63, 3.8) is 0 Å². The van der Waals surface area contributed by atoms with Gasteiger partial charge in [0, 0.05) is 18.2 Å². The predicted octanol–water partition coefficient (Wildman–Crippen LogP) is 3.99. The van der Waals surface area contributed by atoms with Crippen molar-refractivity contribution in [2.75, 3.05) is 11.9 Å². The molecule has 0 unspecified atom stereocenters. The van der Waals surface area contributed by atoms with Crippen molar-refractivity contribution in [2.24, 2.45) is 5.41 Å². The molecule has 0 bridgehead atoms. The minimum atomic E-state index is -0.361.